The lowest BCUT2D eigenvalue weighted by Crippen LogP contribution is -2.10. The van der Waals surface area contributed by atoms with E-state index in [1.807, 2.05) is 48.5 Å². The molecule has 0 aliphatic carbocycles. The van der Waals surface area contributed by atoms with Crippen molar-refractivity contribution in [3.63, 3.8) is 0 Å². The Labute approximate surface area is 204 Å². The Kier molecular flexibility index (Phi) is 7.07. The number of ether oxygens (including phenoxy) is 2. The van der Waals surface area contributed by atoms with Gasteiger partial charge in [0.05, 0.1) is 0 Å². The van der Waals surface area contributed by atoms with Crippen molar-refractivity contribution in [3.05, 3.63) is 121 Å². The fourth-order valence-corrected chi connectivity index (χ4v) is 3.60. The first-order valence-electron chi connectivity index (χ1n) is 11.1. The van der Waals surface area contributed by atoms with Gasteiger partial charge in [0.15, 0.2) is 0 Å². The molecule has 0 fully saturated rings. The Hall–Kier alpha value is -4.64. The van der Waals surface area contributed by atoms with Crippen molar-refractivity contribution in [1.29, 1.82) is 0 Å². The summed E-state index contributed by atoms with van der Waals surface area (Å²) >= 11 is 0. The third kappa shape index (κ3) is 5.65. The molecule has 0 N–H and O–H groups in total. The van der Waals surface area contributed by atoms with Crippen molar-refractivity contribution in [1.82, 2.24) is 0 Å². The van der Waals surface area contributed by atoms with Gasteiger partial charge in [-0.3, -0.25) is 0 Å². The van der Waals surface area contributed by atoms with Crippen LogP contribution in [-0.4, -0.2) is 11.9 Å². The van der Waals surface area contributed by atoms with Crippen LogP contribution in [0.3, 0.4) is 0 Å². The summed E-state index contributed by atoms with van der Waals surface area (Å²) in [6.45, 7) is 8.83. The van der Waals surface area contributed by atoms with Crippen molar-refractivity contribution in [2.75, 3.05) is 4.90 Å². The van der Waals surface area contributed by atoms with Gasteiger partial charge in [0.25, 0.3) is 0 Å². The molecule has 0 saturated heterocycles. The lowest BCUT2D eigenvalue weighted by molar-refractivity contribution is -0.140. The number of anilines is 3. The van der Waals surface area contributed by atoms with E-state index in [2.05, 4.69) is 48.4 Å². The third-order valence-corrected chi connectivity index (χ3v) is 5.38. The minimum atomic E-state index is -0.507. The highest BCUT2D eigenvalue weighted by Gasteiger charge is 2.14. The normalized spacial score (nSPS) is 10.4. The fraction of sp³-hybridized carbons (Fsp3) is 0.0667. The second-order valence-corrected chi connectivity index (χ2v) is 8.01. The van der Waals surface area contributed by atoms with E-state index in [0.717, 1.165) is 39.5 Å². The Morgan fingerprint density at radius 2 is 1.43 bits per heavy atom. The first kappa shape index (κ1) is 23.5. The molecule has 5 nitrogen and oxygen atoms in total. The number of rotatable bonds is 8. The Balaban J connectivity index is 1.68. The molecule has 0 aliphatic heterocycles. The largest absolute Gasteiger partial charge is 0.457 e. The Bertz CT molecular complexity index is 1390. The zero-order chi connectivity index (χ0) is 24.8. The van der Waals surface area contributed by atoms with Gasteiger partial charge in [-0.05, 0) is 71.8 Å². The molecule has 0 aliphatic rings. The number of hydrogen-bond donors (Lipinski definition) is 0. The summed E-state index contributed by atoms with van der Waals surface area (Å²) in [5, 5.41) is 2.27. The SMILES string of the molecule is C=CC(=O)Oc1ccc(N(c2ccc(COC(=O)C(=C)C)cc2)c2ccc3ccccc3c2)cc1. The molecule has 0 spiro atoms. The molecule has 0 heterocycles. The van der Waals surface area contributed by atoms with E-state index in [1.54, 1.807) is 19.1 Å². The van der Waals surface area contributed by atoms with Crippen molar-refractivity contribution >= 4 is 39.8 Å². The smallest absolute Gasteiger partial charge is 0.335 e. The van der Waals surface area contributed by atoms with Gasteiger partial charge >= 0.3 is 11.9 Å². The number of esters is 2. The number of fused-ring (bicyclic) bond motifs is 1. The van der Waals surface area contributed by atoms with Crippen LogP contribution < -0.4 is 9.64 Å². The van der Waals surface area contributed by atoms with Crippen molar-refractivity contribution in [3.8, 4) is 5.75 Å². The second kappa shape index (κ2) is 10.5. The van der Waals surface area contributed by atoms with Gasteiger partial charge in [-0.2, -0.15) is 0 Å². The first-order chi connectivity index (χ1) is 16.9. The molecule has 4 aromatic carbocycles. The molecule has 4 aromatic rings. The molecule has 0 atom stereocenters. The van der Waals surface area contributed by atoms with Gasteiger partial charge in [0, 0.05) is 28.7 Å². The third-order valence-electron chi connectivity index (χ3n) is 5.38. The van der Waals surface area contributed by atoms with Crippen LogP contribution in [-0.2, 0) is 20.9 Å². The minimum Gasteiger partial charge on any atom is -0.457 e. The van der Waals surface area contributed by atoms with Crippen LogP contribution in [0.15, 0.2) is 116 Å². The summed E-state index contributed by atoms with van der Waals surface area (Å²) in [5.41, 5.74) is 4.02. The minimum absolute atomic E-state index is 0.172. The number of carbonyl (C=O) groups excluding carboxylic acids is 2. The lowest BCUT2D eigenvalue weighted by atomic mass is 10.1. The van der Waals surface area contributed by atoms with Crippen LogP contribution >= 0.6 is 0 Å². The van der Waals surface area contributed by atoms with Gasteiger partial charge in [-0.1, -0.05) is 55.6 Å². The molecule has 35 heavy (non-hydrogen) atoms. The quantitative estimate of drug-likeness (QED) is 0.160. The second-order valence-electron chi connectivity index (χ2n) is 8.01. The highest BCUT2D eigenvalue weighted by molar-refractivity contribution is 5.89. The fourth-order valence-electron chi connectivity index (χ4n) is 3.60. The van der Waals surface area contributed by atoms with E-state index in [0.29, 0.717) is 11.3 Å². The van der Waals surface area contributed by atoms with Crippen LogP contribution in [0.2, 0.25) is 0 Å². The molecule has 0 radical (unpaired) electrons. The number of benzene rings is 4. The summed E-state index contributed by atoms with van der Waals surface area (Å²) in [6, 6.07) is 29.5. The van der Waals surface area contributed by atoms with Crippen molar-refractivity contribution < 1.29 is 19.1 Å². The van der Waals surface area contributed by atoms with Crippen molar-refractivity contribution in [2.45, 2.75) is 13.5 Å². The summed E-state index contributed by atoms with van der Waals surface area (Å²) in [7, 11) is 0. The Morgan fingerprint density at radius 1 is 0.829 bits per heavy atom. The predicted octanol–water partition coefficient (Wildman–Crippen LogP) is 7.02. The lowest BCUT2D eigenvalue weighted by Gasteiger charge is -2.26. The monoisotopic (exact) mass is 463 g/mol. The molecule has 0 unspecified atom stereocenters. The van der Waals surface area contributed by atoms with Crippen LogP contribution in [0.5, 0.6) is 5.75 Å². The molecule has 0 saturated carbocycles. The summed E-state index contributed by atoms with van der Waals surface area (Å²) in [6.07, 6.45) is 1.13. The van der Waals surface area contributed by atoms with E-state index in [9.17, 15) is 9.59 Å². The highest BCUT2D eigenvalue weighted by atomic mass is 16.5. The topological polar surface area (TPSA) is 55.8 Å². The van der Waals surface area contributed by atoms with Gasteiger partial charge in [0.2, 0.25) is 0 Å². The van der Waals surface area contributed by atoms with Gasteiger partial charge in [-0.15, -0.1) is 0 Å². The number of carbonyl (C=O) groups is 2. The van der Waals surface area contributed by atoms with Gasteiger partial charge in [-0.25, -0.2) is 9.59 Å². The van der Waals surface area contributed by atoms with E-state index in [4.69, 9.17) is 9.47 Å². The standard InChI is InChI=1S/C30H25NO4/c1-4-29(32)35-28-17-15-26(16-18-28)31(27-14-11-23-7-5-6-8-24(23)19-27)25-12-9-22(10-13-25)20-34-30(33)21(2)3/h4-19H,1-2,20H2,3H3. The zero-order valence-corrected chi connectivity index (χ0v) is 19.4. The Morgan fingerprint density at radius 3 is 2.06 bits per heavy atom. The number of hydrogen-bond acceptors (Lipinski definition) is 5. The summed E-state index contributed by atoms with van der Waals surface area (Å²) < 4.78 is 10.5. The predicted molar refractivity (Wildman–Crippen MR) is 139 cm³/mol. The maximum absolute atomic E-state index is 11.7. The van der Waals surface area contributed by atoms with Crippen LogP contribution in [0.25, 0.3) is 10.8 Å². The van der Waals surface area contributed by atoms with E-state index in [1.165, 1.54) is 0 Å². The maximum Gasteiger partial charge on any atom is 0.335 e. The average molecular weight is 464 g/mol. The van der Waals surface area contributed by atoms with E-state index in [-0.39, 0.29) is 6.61 Å². The van der Waals surface area contributed by atoms with Crippen LogP contribution in [0.1, 0.15) is 12.5 Å². The number of nitrogens with zero attached hydrogens (tertiary/aromatic N) is 1. The van der Waals surface area contributed by atoms with Crippen LogP contribution in [0.4, 0.5) is 17.1 Å². The van der Waals surface area contributed by atoms with Crippen molar-refractivity contribution in [2.24, 2.45) is 0 Å². The first-order valence-corrected chi connectivity index (χ1v) is 11.1. The highest BCUT2D eigenvalue weighted by Crippen LogP contribution is 2.37. The average Bonchev–Trinajstić information content (AvgIpc) is 2.89. The molecular formula is C30H25NO4. The zero-order valence-electron chi connectivity index (χ0n) is 19.4. The van der Waals surface area contributed by atoms with Crippen LogP contribution in [0, 0.1) is 0 Å². The summed E-state index contributed by atoms with van der Waals surface area (Å²) in [5.74, 6) is -0.483. The molecule has 0 bridgehead atoms. The van der Waals surface area contributed by atoms with E-state index < -0.39 is 11.9 Å². The molecule has 174 valence electrons. The molecule has 0 aromatic heterocycles. The molecule has 5 heteroatoms. The van der Waals surface area contributed by atoms with Gasteiger partial charge in [0.1, 0.15) is 12.4 Å². The molecule has 4 rings (SSSR count). The molecular weight excluding hydrogens is 438 g/mol. The molecule has 0 amide bonds. The van der Waals surface area contributed by atoms with Gasteiger partial charge < -0.3 is 14.4 Å². The van der Waals surface area contributed by atoms with E-state index >= 15 is 0 Å². The maximum atomic E-state index is 11.7. The summed E-state index contributed by atoms with van der Waals surface area (Å²) in [4.78, 5) is 25.4.